The number of hydrogen-bond acceptors (Lipinski definition) is 3. The van der Waals surface area contributed by atoms with Crippen LogP contribution >= 0.6 is 0 Å². The normalized spacial score (nSPS) is 10.4. The second-order valence-corrected chi connectivity index (χ2v) is 3.77. The van der Waals surface area contributed by atoms with Gasteiger partial charge < -0.3 is 15.2 Å². The van der Waals surface area contributed by atoms with Crippen molar-refractivity contribution in [3.63, 3.8) is 0 Å². The first kappa shape index (κ1) is 13.0. The lowest BCUT2D eigenvalue weighted by Crippen LogP contribution is -2.08. The second-order valence-electron chi connectivity index (χ2n) is 3.77. The van der Waals surface area contributed by atoms with Crippen LogP contribution in [0.1, 0.15) is 24.8 Å². The highest BCUT2D eigenvalue weighted by atomic mass is 16.5. The van der Waals surface area contributed by atoms with E-state index in [1.165, 1.54) is 5.56 Å². The molecule has 3 heteroatoms. The molecule has 0 aromatic heterocycles. The molecule has 1 rings (SSSR count). The minimum atomic E-state index is 0.274. The fraction of sp³-hybridized carbons (Fsp3) is 0.538. The van der Waals surface area contributed by atoms with Crippen molar-refractivity contribution in [1.82, 2.24) is 5.32 Å². The van der Waals surface area contributed by atoms with Gasteiger partial charge in [0.25, 0.3) is 0 Å². The van der Waals surface area contributed by atoms with Crippen molar-refractivity contribution in [2.24, 2.45) is 0 Å². The summed E-state index contributed by atoms with van der Waals surface area (Å²) in [5.41, 5.74) is 1.19. The Kier molecular flexibility index (Phi) is 6.61. The van der Waals surface area contributed by atoms with Crippen LogP contribution in [0.5, 0.6) is 5.75 Å². The maximum absolute atomic E-state index is 8.65. The molecule has 0 fully saturated rings. The molecule has 0 saturated heterocycles. The molecule has 16 heavy (non-hydrogen) atoms. The number of para-hydroxylation sites is 1. The molecule has 0 aliphatic heterocycles. The molecule has 3 nitrogen and oxygen atoms in total. The molecule has 0 bridgehead atoms. The summed E-state index contributed by atoms with van der Waals surface area (Å²) < 4.78 is 5.71. The molecule has 0 atom stereocenters. The Hall–Kier alpha value is -1.06. The molecule has 0 aliphatic carbocycles. The zero-order valence-electron chi connectivity index (χ0n) is 9.91. The first-order valence-electron chi connectivity index (χ1n) is 5.84. The summed E-state index contributed by atoms with van der Waals surface area (Å²) in [5, 5.41) is 11.8. The number of benzene rings is 1. The van der Waals surface area contributed by atoms with Gasteiger partial charge in [0, 0.05) is 18.7 Å². The summed E-state index contributed by atoms with van der Waals surface area (Å²) in [4.78, 5) is 0. The van der Waals surface area contributed by atoms with Gasteiger partial charge in [-0.25, -0.2) is 0 Å². The average molecular weight is 223 g/mol. The minimum absolute atomic E-state index is 0.274. The van der Waals surface area contributed by atoms with Gasteiger partial charge in [-0.1, -0.05) is 18.2 Å². The fourth-order valence-electron chi connectivity index (χ4n) is 1.55. The van der Waals surface area contributed by atoms with Gasteiger partial charge in [0.15, 0.2) is 0 Å². The molecular weight excluding hydrogens is 202 g/mol. The molecule has 90 valence electrons. The Morgan fingerprint density at radius 3 is 2.75 bits per heavy atom. The highest BCUT2D eigenvalue weighted by molar-refractivity contribution is 5.33. The van der Waals surface area contributed by atoms with Gasteiger partial charge in [-0.15, -0.1) is 0 Å². The lowest BCUT2D eigenvalue weighted by Gasteiger charge is -2.10. The zero-order valence-corrected chi connectivity index (χ0v) is 9.91. The van der Waals surface area contributed by atoms with Crippen LogP contribution in [-0.2, 0) is 6.54 Å². The number of aliphatic hydroxyl groups excluding tert-OH is 1. The zero-order chi connectivity index (χ0) is 11.6. The van der Waals surface area contributed by atoms with Gasteiger partial charge in [-0.2, -0.15) is 0 Å². The second kappa shape index (κ2) is 8.13. The van der Waals surface area contributed by atoms with Crippen LogP contribution < -0.4 is 10.1 Å². The summed E-state index contributed by atoms with van der Waals surface area (Å²) in [7, 11) is 1.93. The molecule has 0 amide bonds. The first-order chi connectivity index (χ1) is 7.88. The number of ether oxygens (including phenoxy) is 1. The van der Waals surface area contributed by atoms with Crippen molar-refractivity contribution < 1.29 is 9.84 Å². The van der Waals surface area contributed by atoms with Crippen LogP contribution in [0.2, 0.25) is 0 Å². The van der Waals surface area contributed by atoms with Crippen LogP contribution in [0.4, 0.5) is 0 Å². The molecule has 0 saturated carbocycles. The number of nitrogens with one attached hydrogen (secondary N) is 1. The third-order valence-corrected chi connectivity index (χ3v) is 2.40. The molecule has 0 unspecified atom stereocenters. The maximum Gasteiger partial charge on any atom is 0.123 e. The number of aliphatic hydroxyl groups is 1. The maximum atomic E-state index is 8.65. The number of unbranched alkanes of at least 4 members (excludes halogenated alkanes) is 2. The van der Waals surface area contributed by atoms with E-state index < -0.39 is 0 Å². The molecule has 1 aromatic rings. The predicted molar refractivity (Wildman–Crippen MR) is 65.6 cm³/mol. The minimum Gasteiger partial charge on any atom is -0.493 e. The quantitative estimate of drug-likeness (QED) is 0.662. The Morgan fingerprint density at radius 1 is 1.19 bits per heavy atom. The Balaban J connectivity index is 2.34. The number of hydrogen-bond donors (Lipinski definition) is 2. The summed E-state index contributed by atoms with van der Waals surface area (Å²) >= 11 is 0. The molecule has 0 aliphatic rings. The Labute approximate surface area is 97.4 Å². The van der Waals surface area contributed by atoms with Crippen molar-refractivity contribution in [1.29, 1.82) is 0 Å². The SMILES string of the molecule is CNCc1ccccc1OCCCCCO. The van der Waals surface area contributed by atoms with E-state index in [0.29, 0.717) is 0 Å². The van der Waals surface area contributed by atoms with E-state index in [2.05, 4.69) is 11.4 Å². The molecule has 2 N–H and O–H groups in total. The summed E-state index contributed by atoms with van der Waals surface area (Å²) in [6.07, 6.45) is 2.88. The van der Waals surface area contributed by atoms with Gasteiger partial charge in [0.2, 0.25) is 0 Å². The van der Waals surface area contributed by atoms with Crippen LogP contribution in [0.15, 0.2) is 24.3 Å². The fourth-order valence-corrected chi connectivity index (χ4v) is 1.55. The van der Waals surface area contributed by atoms with Crippen molar-refractivity contribution >= 4 is 0 Å². The smallest absolute Gasteiger partial charge is 0.123 e. The van der Waals surface area contributed by atoms with Gasteiger partial charge in [0.1, 0.15) is 5.75 Å². The van der Waals surface area contributed by atoms with Gasteiger partial charge in [-0.05, 0) is 32.4 Å². The van der Waals surface area contributed by atoms with Crippen LogP contribution in [0.25, 0.3) is 0 Å². The summed E-state index contributed by atoms with van der Waals surface area (Å²) in [5.74, 6) is 0.959. The third kappa shape index (κ3) is 4.64. The first-order valence-corrected chi connectivity index (χ1v) is 5.84. The largest absolute Gasteiger partial charge is 0.493 e. The number of rotatable bonds is 8. The summed E-state index contributed by atoms with van der Waals surface area (Å²) in [6, 6.07) is 8.08. The Morgan fingerprint density at radius 2 is 2.00 bits per heavy atom. The van der Waals surface area contributed by atoms with E-state index in [0.717, 1.165) is 38.2 Å². The monoisotopic (exact) mass is 223 g/mol. The van der Waals surface area contributed by atoms with E-state index in [4.69, 9.17) is 9.84 Å². The Bertz CT molecular complexity index is 289. The van der Waals surface area contributed by atoms with Gasteiger partial charge in [0.05, 0.1) is 6.61 Å². The van der Waals surface area contributed by atoms with Crippen molar-refractivity contribution in [2.45, 2.75) is 25.8 Å². The van der Waals surface area contributed by atoms with Crippen LogP contribution in [0, 0.1) is 0 Å². The van der Waals surface area contributed by atoms with E-state index in [-0.39, 0.29) is 6.61 Å². The molecule has 0 spiro atoms. The summed E-state index contributed by atoms with van der Waals surface area (Å²) in [6.45, 7) is 1.82. The van der Waals surface area contributed by atoms with Crippen molar-refractivity contribution in [3.05, 3.63) is 29.8 Å². The molecule has 0 heterocycles. The lowest BCUT2D eigenvalue weighted by atomic mass is 10.2. The van der Waals surface area contributed by atoms with E-state index in [9.17, 15) is 0 Å². The van der Waals surface area contributed by atoms with Crippen LogP contribution in [-0.4, -0.2) is 25.4 Å². The van der Waals surface area contributed by atoms with E-state index in [1.807, 2.05) is 25.2 Å². The molecular formula is C13H21NO2. The van der Waals surface area contributed by atoms with Crippen LogP contribution in [0.3, 0.4) is 0 Å². The van der Waals surface area contributed by atoms with Crippen molar-refractivity contribution in [2.75, 3.05) is 20.3 Å². The topological polar surface area (TPSA) is 41.5 Å². The highest BCUT2D eigenvalue weighted by Gasteiger charge is 2.00. The van der Waals surface area contributed by atoms with Gasteiger partial charge >= 0.3 is 0 Å². The van der Waals surface area contributed by atoms with E-state index in [1.54, 1.807) is 0 Å². The highest BCUT2D eigenvalue weighted by Crippen LogP contribution is 2.17. The van der Waals surface area contributed by atoms with Gasteiger partial charge in [-0.3, -0.25) is 0 Å². The lowest BCUT2D eigenvalue weighted by molar-refractivity contribution is 0.265. The molecule has 0 radical (unpaired) electrons. The van der Waals surface area contributed by atoms with E-state index >= 15 is 0 Å². The predicted octanol–water partition coefficient (Wildman–Crippen LogP) is 1.95. The molecule has 1 aromatic carbocycles. The third-order valence-electron chi connectivity index (χ3n) is 2.40. The van der Waals surface area contributed by atoms with Crippen molar-refractivity contribution in [3.8, 4) is 5.75 Å². The standard InChI is InChI=1S/C13H21NO2/c1-14-11-12-7-3-4-8-13(12)16-10-6-2-5-9-15/h3-4,7-8,14-15H,2,5-6,9-11H2,1H3. The average Bonchev–Trinajstić information content (AvgIpc) is 2.31.